The van der Waals surface area contributed by atoms with Gasteiger partial charge in [0.05, 0.1) is 0 Å². The van der Waals surface area contributed by atoms with E-state index in [1.165, 1.54) is 18.4 Å². The van der Waals surface area contributed by atoms with Crippen LogP contribution < -0.4 is 0 Å². The van der Waals surface area contributed by atoms with Crippen molar-refractivity contribution in [1.29, 1.82) is 0 Å². The van der Waals surface area contributed by atoms with Crippen molar-refractivity contribution in [2.24, 2.45) is 0 Å². The van der Waals surface area contributed by atoms with Crippen molar-refractivity contribution < 1.29 is 0 Å². The van der Waals surface area contributed by atoms with E-state index in [0.717, 1.165) is 6.42 Å². The maximum Gasteiger partial charge on any atom is 0.495 e. The van der Waals surface area contributed by atoms with Crippen molar-refractivity contribution in [3.8, 4) is 0 Å². The second-order valence-corrected chi connectivity index (χ2v) is 6.90. The number of benzene rings is 1. The van der Waals surface area contributed by atoms with Gasteiger partial charge in [-0.15, -0.1) is 0 Å². The Morgan fingerprint density at radius 2 is 1.56 bits per heavy atom. The minimum absolute atomic E-state index is 0.306. The van der Waals surface area contributed by atoms with E-state index in [1.807, 2.05) is 6.07 Å². The summed E-state index contributed by atoms with van der Waals surface area (Å²) in [7, 11) is 19.4. The topological polar surface area (TPSA) is 0 Å². The van der Waals surface area contributed by atoms with Crippen molar-refractivity contribution in [3.05, 3.63) is 42.8 Å². The molecule has 87 valence electrons. The van der Waals surface area contributed by atoms with Gasteiger partial charge in [-0.25, -0.2) is 20.1 Å². The molecule has 6 heteroatoms. The molecule has 0 saturated heterocycles. The molecule has 0 bridgehead atoms. The Kier molecular flexibility index (Phi) is 23.2. The van der Waals surface area contributed by atoms with Crippen LogP contribution in [0.5, 0.6) is 0 Å². The zero-order valence-electron chi connectivity index (χ0n) is 8.88. The average molecular weight is 329 g/mol. The number of hydrogen-bond donors (Lipinski definition) is 0. The zero-order valence-corrected chi connectivity index (χ0v) is 14.2. The summed E-state index contributed by atoms with van der Waals surface area (Å²) < 4.78 is 0. The monoisotopic (exact) mass is 327 g/mol. The summed E-state index contributed by atoms with van der Waals surface area (Å²) in [6, 6.07) is 10.5. The second kappa shape index (κ2) is 18.8. The zero-order chi connectivity index (χ0) is 12.6. The first-order valence-electron chi connectivity index (χ1n) is 4.64. The molecule has 0 unspecified atom stereocenters. The fraction of sp³-hybridized carbons (Fsp3) is 0.300. The molecular formula is C10H13Al2Cl4. The Morgan fingerprint density at radius 1 is 1.12 bits per heavy atom. The van der Waals surface area contributed by atoms with E-state index in [0.29, 0.717) is 0 Å². The summed E-state index contributed by atoms with van der Waals surface area (Å²) in [4.78, 5) is 0. The number of halogens is 4. The molecule has 0 aliphatic heterocycles. The van der Waals surface area contributed by atoms with E-state index in [1.54, 1.807) is 0 Å². The molecule has 0 amide bonds. The van der Waals surface area contributed by atoms with E-state index in [9.17, 15) is 0 Å². The largest absolute Gasteiger partial charge is 0.495 e. The molecule has 0 aliphatic rings. The smallest absolute Gasteiger partial charge is 0.248 e. The minimum Gasteiger partial charge on any atom is -0.248 e. The van der Waals surface area contributed by atoms with Gasteiger partial charge in [0.15, 0.2) is 0 Å². The van der Waals surface area contributed by atoms with Gasteiger partial charge in [-0.3, -0.25) is 0 Å². The summed E-state index contributed by atoms with van der Waals surface area (Å²) in [5.74, 6) is 0. The van der Waals surface area contributed by atoms with Crippen LogP contribution in [0.2, 0.25) is 0 Å². The maximum absolute atomic E-state index is 4.85. The molecule has 0 aliphatic carbocycles. The van der Waals surface area contributed by atoms with E-state index in [2.05, 4.69) is 31.2 Å². The maximum atomic E-state index is 4.85. The number of hydrogen-bond acceptors (Lipinski definition) is 0. The third-order valence-corrected chi connectivity index (χ3v) is 1.56. The normalized spacial score (nSPS) is 7.56. The van der Waals surface area contributed by atoms with Crippen LogP contribution in [0.1, 0.15) is 18.4 Å². The van der Waals surface area contributed by atoms with Crippen LogP contribution in [-0.2, 0) is 6.42 Å². The Hall–Kier alpha value is 1.44. The first-order valence-corrected chi connectivity index (χ1v) is 11.6. The van der Waals surface area contributed by atoms with Gasteiger partial charge in [0.25, 0.3) is 0 Å². The van der Waals surface area contributed by atoms with E-state index >= 15 is 0 Å². The first-order chi connectivity index (χ1) is 7.76. The van der Waals surface area contributed by atoms with Gasteiger partial charge >= 0.3 is 46.9 Å². The molecular weight excluding hydrogens is 316 g/mol. The predicted octanol–water partition coefficient (Wildman–Crippen LogP) is 4.84. The van der Waals surface area contributed by atoms with Crippen LogP contribution in [0.25, 0.3) is 0 Å². The van der Waals surface area contributed by atoms with Gasteiger partial charge in [0.1, 0.15) is 0 Å². The minimum atomic E-state index is -0.306. The van der Waals surface area contributed by atoms with Gasteiger partial charge in [-0.2, -0.15) is 6.42 Å². The molecule has 0 aromatic heterocycles. The van der Waals surface area contributed by atoms with E-state index in [-0.39, 0.29) is 26.8 Å². The fourth-order valence-corrected chi connectivity index (χ4v) is 0.974. The fourth-order valence-electron chi connectivity index (χ4n) is 0.974. The summed E-state index contributed by atoms with van der Waals surface area (Å²) >= 11 is -0.611. The van der Waals surface area contributed by atoms with Crippen molar-refractivity contribution in [2.75, 3.05) is 0 Å². The van der Waals surface area contributed by atoms with Crippen LogP contribution in [-0.4, -0.2) is 26.8 Å². The Balaban J connectivity index is 0. The molecule has 0 heterocycles. The molecule has 0 atom stereocenters. The summed E-state index contributed by atoms with van der Waals surface area (Å²) in [6.07, 6.45) is 3.41. The first kappa shape index (κ1) is 19.8. The van der Waals surface area contributed by atoms with Crippen LogP contribution in [0.4, 0.5) is 0 Å². The van der Waals surface area contributed by atoms with Crippen molar-refractivity contribution in [3.63, 3.8) is 0 Å². The Bertz CT molecular complexity index is 207. The van der Waals surface area contributed by atoms with Crippen LogP contribution >= 0.6 is 40.2 Å². The standard InChI is InChI=1S/C10H13.2Al.4ClH/c1-2-3-7-10-8-5-4-6-9-10;;;;;;/h4-6,8-9H,1-3,7H2;;;4*1H/q-1;+2;+3;;;;/p-4. The molecule has 0 N–H and O–H groups in total. The van der Waals surface area contributed by atoms with E-state index < -0.39 is 0 Å². The second-order valence-electron chi connectivity index (χ2n) is 2.61. The molecule has 0 saturated carbocycles. The van der Waals surface area contributed by atoms with Crippen molar-refractivity contribution in [1.82, 2.24) is 0 Å². The van der Waals surface area contributed by atoms with Crippen LogP contribution in [0.3, 0.4) is 0 Å². The molecule has 0 fully saturated rings. The molecule has 0 spiro atoms. The SMILES string of the molecule is [CH2-]CCCc1ccccc1.[Cl][Al+][Cl].[Cl][Al][Cl]. The van der Waals surface area contributed by atoms with Gasteiger partial charge < -0.3 is 6.92 Å². The third-order valence-electron chi connectivity index (χ3n) is 1.56. The predicted molar refractivity (Wildman–Crippen MR) is 79.7 cm³/mol. The number of rotatable bonds is 3. The number of aryl methyl sites for hydroxylation is 1. The summed E-state index contributed by atoms with van der Waals surface area (Å²) in [5.41, 5.74) is 1.42. The summed E-state index contributed by atoms with van der Waals surface area (Å²) in [5, 5.41) is 0. The van der Waals surface area contributed by atoms with Gasteiger partial charge in [0, 0.05) is 0 Å². The summed E-state index contributed by atoms with van der Waals surface area (Å²) in [6.45, 7) is 3.80. The van der Waals surface area contributed by atoms with Crippen LogP contribution in [0, 0.1) is 6.92 Å². The van der Waals surface area contributed by atoms with Gasteiger partial charge in [0.2, 0.25) is 0 Å². The molecule has 1 aromatic rings. The molecule has 0 nitrogen and oxygen atoms in total. The molecule has 16 heavy (non-hydrogen) atoms. The average Bonchev–Trinajstić information content (AvgIpc) is 2.30. The molecule has 1 rings (SSSR count). The Labute approximate surface area is 128 Å². The Morgan fingerprint density at radius 3 is 1.94 bits per heavy atom. The van der Waals surface area contributed by atoms with Crippen molar-refractivity contribution in [2.45, 2.75) is 19.3 Å². The molecule has 1 radical (unpaired) electrons. The van der Waals surface area contributed by atoms with Crippen LogP contribution in [0.15, 0.2) is 30.3 Å². The van der Waals surface area contributed by atoms with Gasteiger partial charge in [-0.1, -0.05) is 36.8 Å². The molecule has 1 aromatic carbocycles. The third kappa shape index (κ3) is 17.8. The van der Waals surface area contributed by atoms with E-state index in [4.69, 9.17) is 40.2 Å². The van der Waals surface area contributed by atoms with Gasteiger partial charge in [-0.05, 0) is 12.0 Å². The number of unbranched alkanes of at least 4 members (excludes halogenated alkanes) is 1. The van der Waals surface area contributed by atoms with Crippen molar-refractivity contribution >= 4 is 66.9 Å². The quantitative estimate of drug-likeness (QED) is 0.550.